The monoisotopic (exact) mass is 287 g/mol. The second-order valence-electron chi connectivity index (χ2n) is 4.53. The largest absolute Gasteiger partial charge is 0.478 e. The number of nitrogens with zero attached hydrogens (tertiary/aromatic N) is 3. The van der Waals surface area contributed by atoms with E-state index in [1.165, 1.54) is 0 Å². The molecule has 0 fully saturated rings. The topological polar surface area (TPSA) is 96.6 Å². The van der Waals surface area contributed by atoms with Crippen LogP contribution in [0.5, 0.6) is 0 Å². The molecule has 0 saturated carbocycles. The number of pyridine rings is 1. The molecule has 0 atom stereocenters. The maximum absolute atomic E-state index is 11.1. The van der Waals surface area contributed by atoms with Gasteiger partial charge in [0.05, 0.1) is 10.5 Å². The van der Waals surface area contributed by atoms with E-state index in [4.69, 9.17) is 5.11 Å². The van der Waals surface area contributed by atoms with Crippen LogP contribution in [-0.4, -0.2) is 28.0 Å². The fraction of sp³-hybridized carbons (Fsp3) is 0.143. The van der Waals surface area contributed by atoms with Crippen LogP contribution in [0.25, 0.3) is 0 Å². The SMILES string of the molecule is Cc1cccc(N(C)c2ncc(C(=O)O)cc2[N+](=O)[O-])c1. The first-order chi connectivity index (χ1) is 9.90. The van der Waals surface area contributed by atoms with Crippen molar-refractivity contribution in [2.45, 2.75) is 6.92 Å². The second kappa shape index (κ2) is 5.58. The number of aromatic carboxylic acids is 1. The number of benzene rings is 1. The Labute approximate surface area is 120 Å². The molecule has 0 spiro atoms. The molecule has 1 heterocycles. The van der Waals surface area contributed by atoms with E-state index >= 15 is 0 Å². The Hall–Kier alpha value is -2.96. The highest BCUT2D eigenvalue weighted by molar-refractivity contribution is 5.89. The lowest BCUT2D eigenvalue weighted by atomic mass is 10.2. The van der Waals surface area contributed by atoms with E-state index in [-0.39, 0.29) is 17.1 Å². The Morgan fingerprint density at radius 2 is 2.10 bits per heavy atom. The van der Waals surface area contributed by atoms with E-state index < -0.39 is 10.9 Å². The van der Waals surface area contributed by atoms with Gasteiger partial charge in [0.15, 0.2) is 0 Å². The van der Waals surface area contributed by atoms with Gasteiger partial charge in [0.1, 0.15) is 0 Å². The van der Waals surface area contributed by atoms with Crippen molar-refractivity contribution >= 4 is 23.2 Å². The summed E-state index contributed by atoms with van der Waals surface area (Å²) in [6, 6.07) is 8.41. The standard InChI is InChI=1S/C14H13N3O4/c1-9-4-3-5-11(6-9)16(2)13-12(17(20)21)7-10(8-15-13)14(18)19/h3-8H,1-2H3,(H,18,19). The third-order valence-electron chi connectivity index (χ3n) is 3.00. The number of carboxylic acid groups (broad SMARTS) is 1. The van der Waals surface area contributed by atoms with Gasteiger partial charge in [-0.3, -0.25) is 10.1 Å². The van der Waals surface area contributed by atoms with Gasteiger partial charge in [-0.15, -0.1) is 0 Å². The average molecular weight is 287 g/mol. The molecular formula is C14H13N3O4. The van der Waals surface area contributed by atoms with Gasteiger partial charge in [-0.2, -0.15) is 0 Å². The molecule has 7 heteroatoms. The zero-order valence-electron chi connectivity index (χ0n) is 11.5. The summed E-state index contributed by atoms with van der Waals surface area (Å²) in [5.74, 6) is -1.16. The molecule has 2 rings (SSSR count). The van der Waals surface area contributed by atoms with Crippen LogP contribution in [0.3, 0.4) is 0 Å². The van der Waals surface area contributed by atoms with E-state index in [1.54, 1.807) is 18.0 Å². The summed E-state index contributed by atoms with van der Waals surface area (Å²) in [6.45, 7) is 1.91. The quantitative estimate of drug-likeness (QED) is 0.686. The maximum atomic E-state index is 11.1. The van der Waals surface area contributed by atoms with Crippen molar-refractivity contribution < 1.29 is 14.8 Å². The van der Waals surface area contributed by atoms with Gasteiger partial charge in [-0.1, -0.05) is 12.1 Å². The molecule has 2 aromatic rings. The van der Waals surface area contributed by atoms with Gasteiger partial charge in [-0.25, -0.2) is 9.78 Å². The number of hydrogen-bond acceptors (Lipinski definition) is 5. The van der Waals surface area contributed by atoms with Gasteiger partial charge in [-0.05, 0) is 24.6 Å². The number of rotatable bonds is 4. The van der Waals surface area contributed by atoms with Crippen LogP contribution in [0, 0.1) is 17.0 Å². The summed E-state index contributed by atoms with van der Waals surface area (Å²) >= 11 is 0. The molecule has 108 valence electrons. The highest BCUT2D eigenvalue weighted by Crippen LogP contribution is 2.31. The smallest absolute Gasteiger partial charge is 0.337 e. The molecule has 0 radical (unpaired) electrons. The third kappa shape index (κ3) is 2.97. The van der Waals surface area contributed by atoms with Crippen molar-refractivity contribution in [1.82, 2.24) is 4.98 Å². The summed E-state index contributed by atoms with van der Waals surface area (Å²) in [6.07, 6.45) is 1.11. The molecule has 0 bridgehead atoms. The zero-order chi connectivity index (χ0) is 15.6. The van der Waals surface area contributed by atoms with Crippen LogP contribution in [0.4, 0.5) is 17.2 Å². The molecule has 0 aliphatic rings. The number of nitro groups is 1. The molecule has 21 heavy (non-hydrogen) atoms. The van der Waals surface area contributed by atoms with Crippen LogP contribution in [0.2, 0.25) is 0 Å². The second-order valence-corrected chi connectivity index (χ2v) is 4.53. The van der Waals surface area contributed by atoms with Crippen molar-refractivity contribution in [2.75, 3.05) is 11.9 Å². The summed E-state index contributed by atoms with van der Waals surface area (Å²) in [4.78, 5) is 26.9. The molecule has 1 N–H and O–H groups in total. The zero-order valence-corrected chi connectivity index (χ0v) is 11.5. The fourth-order valence-corrected chi connectivity index (χ4v) is 1.91. The van der Waals surface area contributed by atoms with E-state index in [0.29, 0.717) is 0 Å². The van der Waals surface area contributed by atoms with Crippen LogP contribution < -0.4 is 4.90 Å². The Kier molecular flexibility index (Phi) is 3.84. The Morgan fingerprint density at radius 1 is 1.38 bits per heavy atom. The highest BCUT2D eigenvalue weighted by atomic mass is 16.6. The lowest BCUT2D eigenvalue weighted by Crippen LogP contribution is -2.14. The van der Waals surface area contributed by atoms with Crippen molar-refractivity contribution in [3.05, 3.63) is 57.8 Å². The minimum Gasteiger partial charge on any atom is -0.478 e. The minimum atomic E-state index is -1.25. The summed E-state index contributed by atoms with van der Waals surface area (Å²) in [5, 5.41) is 20.0. The predicted octanol–water partition coefficient (Wildman–Crippen LogP) is 2.76. The fourth-order valence-electron chi connectivity index (χ4n) is 1.91. The summed E-state index contributed by atoms with van der Waals surface area (Å²) in [5.41, 5.74) is 1.17. The first-order valence-electron chi connectivity index (χ1n) is 6.08. The van der Waals surface area contributed by atoms with Crippen LogP contribution >= 0.6 is 0 Å². The first-order valence-corrected chi connectivity index (χ1v) is 6.08. The molecule has 0 amide bonds. The number of carboxylic acids is 1. The number of carbonyl (C=O) groups is 1. The van der Waals surface area contributed by atoms with Gasteiger partial charge >= 0.3 is 11.7 Å². The Bertz CT molecular complexity index is 715. The molecule has 0 unspecified atom stereocenters. The molecule has 0 aliphatic carbocycles. The van der Waals surface area contributed by atoms with E-state index in [1.807, 2.05) is 25.1 Å². The first kappa shape index (κ1) is 14.4. The van der Waals surface area contributed by atoms with Gasteiger partial charge in [0, 0.05) is 25.0 Å². The molecule has 0 saturated heterocycles. The van der Waals surface area contributed by atoms with Crippen molar-refractivity contribution in [3.63, 3.8) is 0 Å². The number of aryl methyl sites for hydroxylation is 1. The molecule has 0 aliphatic heterocycles. The van der Waals surface area contributed by atoms with Crippen molar-refractivity contribution in [2.24, 2.45) is 0 Å². The van der Waals surface area contributed by atoms with Crippen LogP contribution in [-0.2, 0) is 0 Å². The molecular weight excluding hydrogens is 274 g/mol. The lowest BCUT2D eigenvalue weighted by molar-refractivity contribution is -0.384. The van der Waals surface area contributed by atoms with Gasteiger partial charge < -0.3 is 10.0 Å². The van der Waals surface area contributed by atoms with Crippen molar-refractivity contribution in [3.8, 4) is 0 Å². The number of aromatic nitrogens is 1. The Morgan fingerprint density at radius 3 is 2.67 bits per heavy atom. The van der Waals surface area contributed by atoms with E-state index in [0.717, 1.165) is 23.5 Å². The van der Waals surface area contributed by atoms with E-state index in [9.17, 15) is 14.9 Å². The maximum Gasteiger partial charge on any atom is 0.337 e. The molecule has 7 nitrogen and oxygen atoms in total. The summed E-state index contributed by atoms with van der Waals surface area (Å²) < 4.78 is 0. The number of anilines is 2. The Balaban J connectivity index is 2.52. The predicted molar refractivity (Wildman–Crippen MR) is 77.1 cm³/mol. The summed E-state index contributed by atoms with van der Waals surface area (Å²) in [7, 11) is 1.64. The minimum absolute atomic E-state index is 0.0931. The molecule has 1 aromatic carbocycles. The van der Waals surface area contributed by atoms with Gasteiger partial charge in [0.2, 0.25) is 5.82 Å². The average Bonchev–Trinajstić information content (AvgIpc) is 2.45. The third-order valence-corrected chi connectivity index (χ3v) is 3.00. The van der Waals surface area contributed by atoms with Crippen LogP contribution in [0.1, 0.15) is 15.9 Å². The molecule has 1 aromatic heterocycles. The normalized spacial score (nSPS) is 10.2. The lowest BCUT2D eigenvalue weighted by Gasteiger charge is -2.18. The van der Waals surface area contributed by atoms with E-state index in [2.05, 4.69) is 4.98 Å². The van der Waals surface area contributed by atoms with Crippen LogP contribution in [0.15, 0.2) is 36.5 Å². The van der Waals surface area contributed by atoms with Crippen molar-refractivity contribution in [1.29, 1.82) is 0 Å². The van der Waals surface area contributed by atoms with Gasteiger partial charge in [0.25, 0.3) is 0 Å². The highest BCUT2D eigenvalue weighted by Gasteiger charge is 2.22. The number of hydrogen-bond donors (Lipinski definition) is 1.